The van der Waals surface area contributed by atoms with Crippen LogP contribution in [0.3, 0.4) is 0 Å². The van der Waals surface area contributed by atoms with E-state index in [0.29, 0.717) is 0 Å². The fraction of sp³-hybridized carbons (Fsp3) is 0.833. The molecule has 0 aromatic rings. The molecule has 5 nitrogen and oxygen atoms in total. The Balaban J connectivity index is 4.62. The van der Waals surface area contributed by atoms with Gasteiger partial charge in [-0.15, -0.1) is 0 Å². The van der Waals surface area contributed by atoms with Gasteiger partial charge in [-0.05, 0) is 0 Å². The summed E-state index contributed by atoms with van der Waals surface area (Å²) in [7, 11) is 2.48. The normalized spacial score (nSPS) is 13.9. The van der Waals surface area contributed by atoms with Gasteiger partial charge in [0, 0.05) is 21.3 Å². The van der Waals surface area contributed by atoms with Crippen molar-refractivity contribution in [3.05, 3.63) is 0 Å². The van der Waals surface area contributed by atoms with E-state index in [0.717, 1.165) is 0 Å². The summed E-state index contributed by atoms with van der Waals surface area (Å²) in [4.78, 5) is 10.3. The molecule has 0 radical (unpaired) electrons. The highest BCUT2D eigenvalue weighted by atomic mass is 32.1. The van der Waals surface area contributed by atoms with Crippen LogP contribution in [0.15, 0.2) is 0 Å². The van der Waals surface area contributed by atoms with Gasteiger partial charge in [-0.3, -0.25) is 4.79 Å². The lowest BCUT2D eigenvalue weighted by Gasteiger charge is -2.27. The van der Waals surface area contributed by atoms with Crippen LogP contribution in [-0.4, -0.2) is 48.1 Å². The van der Waals surface area contributed by atoms with Crippen molar-refractivity contribution in [2.45, 2.75) is 4.87 Å². The first-order chi connectivity index (χ1) is 6.07. The maximum absolute atomic E-state index is 11.1. The molecule has 0 saturated heterocycles. The Morgan fingerprint density at radius 3 is 1.77 bits per heavy atom. The van der Waals surface area contributed by atoms with Crippen LogP contribution < -0.4 is 0 Å². The smallest absolute Gasteiger partial charge is 0.468 e. The topological polar surface area (TPSA) is 54.0 Å². The summed E-state index contributed by atoms with van der Waals surface area (Å²) in [6.07, 6.45) is 0. The van der Waals surface area contributed by atoms with Gasteiger partial charge in [-0.2, -0.15) is 12.6 Å². The largest absolute Gasteiger partial charge is 0.525 e. The molecule has 1 atom stereocenters. The van der Waals surface area contributed by atoms with Crippen molar-refractivity contribution in [2.75, 3.05) is 28.4 Å². The molecule has 0 aliphatic heterocycles. The Kier molecular flexibility index (Phi) is 5.57. The van der Waals surface area contributed by atoms with Crippen LogP contribution in [0.4, 0.5) is 0 Å². The first-order valence-corrected chi connectivity index (χ1v) is 5.81. The number of rotatable bonds is 5. The number of esters is 1. The third-order valence-corrected chi connectivity index (χ3v) is 5.38. The van der Waals surface area contributed by atoms with Gasteiger partial charge in [0.05, 0.1) is 7.11 Å². The second-order valence-corrected chi connectivity index (χ2v) is 6.15. The van der Waals surface area contributed by atoms with Crippen LogP contribution in [0.25, 0.3) is 0 Å². The molecule has 0 saturated carbocycles. The van der Waals surface area contributed by atoms with E-state index in [2.05, 4.69) is 17.4 Å². The lowest BCUT2D eigenvalue weighted by Crippen LogP contribution is -2.55. The van der Waals surface area contributed by atoms with Gasteiger partial charge in [-0.1, -0.05) is 0 Å². The minimum Gasteiger partial charge on any atom is -0.468 e. The zero-order chi connectivity index (χ0) is 10.5. The standard InChI is InChI=1S/C6H14O5SSi/c1-8-5(7)6(12)13(9-2,10-3)11-4/h6,12H,1-4H3. The molecule has 0 spiro atoms. The number of hydrogen-bond donors (Lipinski definition) is 1. The van der Waals surface area contributed by atoms with Gasteiger partial charge in [0.2, 0.25) is 0 Å². The zero-order valence-corrected chi connectivity index (χ0v) is 9.96. The number of carbonyl (C=O) groups excluding carboxylic acids is 1. The second-order valence-electron chi connectivity index (χ2n) is 2.14. The predicted octanol–water partition coefficient (Wildman–Crippen LogP) is -0.125. The van der Waals surface area contributed by atoms with Crippen LogP contribution in [0.2, 0.25) is 0 Å². The Morgan fingerprint density at radius 1 is 1.15 bits per heavy atom. The number of thiol groups is 1. The van der Waals surface area contributed by atoms with Gasteiger partial charge in [0.1, 0.15) is 0 Å². The summed E-state index contributed by atoms with van der Waals surface area (Å²) in [5, 5.41) is 0. The molecule has 0 bridgehead atoms. The van der Waals surface area contributed by atoms with Crippen LogP contribution in [0.1, 0.15) is 0 Å². The van der Waals surface area contributed by atoms with Crippen LogP contribution in [0, 0.1) is 0 Å². The average molecular weight is 226 g/mol. The SMILES string of the molecule is COC(=O)C(S)[Si](OC)(OC)OC. The van der Waals surface area contributed by atoms with E-state index in [-0.39, 0.29) is 0 Å². The summed E-state index contributed by atoms with van der Waals surface area (Å²) >= 11 is 4.04. The van der Waals surface area contributed by atoms with Gasteiger partial charge in [0.25, 0.3) is 0 Å². The van der Waals surface area contributed by atoms with Crippen LogP contribution in [-0.2, 0) is 22.8 Å². The van der Waals surface area contributed by atoms with Crippen molar-refractivity contribution in [1.29, 1.82) is 0 Å². The minimum absolute atomic E-state index is 0.527. The van der Waals surface area contributed by atoms with Gasteiger partial charge < -0.3 is 18.0 Å². The minimum atomic E-state index is -3.02. The summed E-state index contributed by atoms with van der Waals surface area (Å²) < 4.78 is 19.6. The highest BCUT2D eigenvalue weighted by Crippen LogP contribution is 2.17. The summed E-state index contributed by atoms with van der Waals surface area (Å²) in [5.41, 5.74) is 0. The van der Waals surface area contributed by atoms with Crippen molar-refractivity contribution in [2.24, 2.45) is 0 Å². The fourth-order valence-corrected chi connectivity index (χ4v) is 3.47. The first kappa shape index (κ1) is 12.9. The molecule has 7 heteroatoms. The Bertz CT molecular complexity index is 164. The molecular formula is C6H14O5SSi. The number of ether oxygens (including phenoxy) is 1. The summed E-state index contributed by atoms with van der Waals surface area (Å²) in [5.74, 6) is -0.527. The molecule has 0 amide bonds. The highest BCUT2D eigenvalue weighted by molar-refractivity contribution is 7.84. The number of hydrogen-bond acceptors (Lipinski definition) is 6. The second kappa shape index (κ2) is 5.61. The maximum atomic E-state index is 11.1. The van der Waals surface area contributed by atoms with Crippen molar-refractivity contribution in [3.8, 4) is 0 Å². The predicted molar refractivity (Wildman–Crippen MR) is 51.6 cm³/mol. The van der Waals surface area contributed by atoms with E-state index in [1.165, 1.54) is 28.4 Å². The van der Waals surface area contributed by atoms with Crippen molar-refractivity contribution >= 4 is 27.4 Å². The Labute approximate surface area is 84.1 Å². The Hall–Kier alpha value is -0.0831. The molecule has 78 valence electrons. The average Bonchev–Trinajstić information content (AvgIpc) is 2.20. The molecule has 0 fully saturated rings. The van der Waals surface area contributed by atoms with Gasteiger partial charge >= 0.3 is 14.8 Å². The molecule has 13 heavy (non-hydrogen) atoms. The lowest BCUT2D eigenvalue weighted by atomic mass is 10.8. The van der Waals surface area contributed by atoms with E-state index in [4.69, 9.17) is 13.3 Å². The fourth-order valence-electron chi connectivity index (χ4n) is 0.841. The molecule has 1 unspecified atom stereocenters. The van der Waals surface area contributed by atoms with Gasteiger partial charge in [-0.25, -0.2) is 0 Å². The van der Waals surface area contributed by atoms with E-state index < -0.39 is 19.6 Å². The molecule has 0 N–H and O–H groups in total. The summed E-state index contributed by atoms with van der Waals surface area (Å²) in [6.45, 7) is 0. The first-order valence-electron chi connectivity index (χ1n) is 3.49. The molecule has 0 aliphatic carbocycles. The highest BCUT2D eigenvalue weighted by Gasteiger charge is 2.50. The Morgan fingerprint density at radius 2 is 1.54 bits per heavy atom. The van der Waals surface area contributed by atoms with Crippen molar-refractivity contribution in [3.63, 3.8) is 0 Å². The van der Waals surface area contributed by atoms with E-state index >= 15 is 0 Å². The quantitative estimate of drug-likeness (QED) is 0.402. The van der Waals surface area contributed by atoms with Crippen molar-refractivity contribution in [1.82, 2.24) is 0 Å². The van der Waals surface area contributed by atoms with E-state index in [1.807, 2.05) is 0 Å². The number of methoxy groups -OCH3 is 1. The summed E-state index contributed by atoms with van der Waals surface area (Å²) in [6, 6.07) is 0. The maximum Gasteiger partial charge on any atom is 0.525 e. The van der Waals surface area contributed by atoms with Gasteiger partial charge in [0.15, 0.2) is 4.87 Å². The molecular weight excluding hydrogens is 212 g/mol. The molecule has 0 aromatic heterocycles. The molecule has 0 aliphatic rings. The van der Waals surface area contributed by atoms with E-state index in [1.54, 1.807) is 0 Å². The van der Waals surface area contributed by atoms with Crippen LogP contribution >= 0.6 is 12.6 Å². The molecule has 0 aromatic carbocycles. The molecule has 0 heterocycles. The molecule has 0 rings (SSSR count). The third kappa shape index (κ3) is 2.68. The number of carbonyl (C=O) groups is 1. The van der Waals surface area contributed by atoms with Crippen molar-refractivity contribution < 1.29 is 22.8 Å². The lowest BCUT2D eigenvalue weighted by molar-refractivity contribution is -0.139. The third-order valence-electron chi connectivity index (χ3n) is 1.61. The monoisotopic (exact) mass is 226 g/mol. The zero-order valence-electron chi connectivity index (χ0n) is 8.07. The van der Waals surface area contributed by atoms with E-state index in [9.17, 15) is 4.79 Å². The van der Waals surface area contributed by atoms with Crippen LogP contribution in [0.5, 0.6) is 0 Å².